The SMILES string of the molecule is CCOc1cc(/C=N\NC(=O)[C@@H]2[C@H]3CCCC[C@@]32C)cc(Br)c1OC. The van der Waals surface area contributed by atoms with Gasteiger partial charge in [-0.3, -0.25) is 4.79 Å². The first-order valence-corrected chi connectivity index (χ1v) is 9.63. The molecule has 1 aromatic carbocycles. The zero-order valence-electron chi connectivity index (χ0n) is 15.0. The van der Waals surface area contributed by atoms with Crippen molar-refractivity contribution in [3.63, 3.8) is 0 Å². The highest BCUT2D eigenvalue weighted by Gasteiger charge is 2.64. The summed E-state index contributed by atoms with van der Waals surface area (Å²) in [6.07, 6.45) is 6.44. The van der Waals surface area contributed by atoms with Gasteiger partial charge in [0.25, 0.3) is 0 Å². The highest BCUT2D eigenvalue weighted by atomic mass is 79.9. The highest BCUT2D eigenvalue weighted by molar-refractivity contribution is 9.10. The van der Waals surface area contributed by atoms with Gasteiger partial charge in [-0.25, -0.2) is 5.43 Å². The second-order valence-electron chi connectivity index (χ2n) is 7.04. The van der Waals surface area contributed by atoms with Gasteiger partial charge in [-0.15, -0.1) is 0 Å². The Labute approximate surface area is 157 Å². The van der Waals surface area contributed by atoms with Crippen molar-refractivity contribution in [2.45, 2.75) is 39.5 Å². The molecular formula is C19H25BrN2O3. The predicted molar refractivity (Wildman–Crippen MR) is 101 cm³/mol. The maximum Gasteiger partial charge on any atom is 0.244 e. The van der Waals surface area contributed by atoms with Gasteiger partial charge in [-0.2, -0.15) is 5.10 Å². The Kier molecular flexibility index (Phi) is 5.37. The van der Waals surface area contributed by atoms with Crippen molar-refractivity contribution >= 4 is 28.1 Å². The molecule has 0 saturated heterocycles. The lowest BCUT2D eigenvalue weighted by Crippen LogP contribution is -2.22. The quantitative estimate of drug-likeness (QED) is 0.568. The minimum atomic E-state index is 0.0447. The molecule has 136 valence electrons. The van der Waals surface area contributed by atoms with Crippen molar-refractivity contribution in [2.24, 2.45) is 22.4 Å². The fourth-order valence-corrected chi connectivity index (χ4v) is 4.84. The second-order valence-corrected chi connectivity index (χ2v) is 7.89. The Hall–Kier alpha value is -1.56. The van der Waals surface area contributed by atoms with Crippen LogP contribution in [0.4, 0.5) is 0 Å². The standard InChI is InChI=1S/C19H25BrN2O3/c1-4-25-15-10-12(9-14(20)17(15)24-3)11-21-22-18(23)16-13-7-5-6-8-19(13,16)2/h9-11,13,16H,4-8H2,1-3H3,(H,22,23)/b21-11-/t13-,16+,19+/m1/s1. The Morgan fingerprint density at radius 2 is 2.28 bits per heavy atom. The number of fused-ring (bicyclic) bond motifs is 1. The molecule has 0 aromatic heterocycles. The first-order chi connectivity index (χ1) is 12.0. The Balaban J connectivity index is 1.65. The molecule has 0 aliphatic heterocycles. The summed E-state index contributed by atoms with van der Waals surface area (Å²) < 4.78 is 11.7. The average molecular weight is 409 g/mol. The lowest BCUT2D eigenvalue weighted by atomic mass is 9.90. The van der Waals surface area contributed by atoms with Gasteiger partial charge in [0.2, 0.25) is 5.91 Å². The molecule has 2 aliphatic carbocycles. The summed E-state index contributed by atoms with van der Waals surface area (Å²) in [5.74, 6) is 2.00. The first-order valence-electron chi connectivity index (χ1n) is 8.84. The number of ether oxygens (including phenoxy) is 2. The maximum absolute atomic E-state index is 12.4. The Bertz CT molecular complexity index is 691. The molecule has 1 aromatic rings. The second kappa shape index (κ2) is 7.36. The minimum absolute atomic E-state index is 0.0447. The number of amides is 1. The van der Waals surface area contributed by atoms with E-state index >= 15 is 0 Å². The average Bonchev–Trinajstić information content (AvgIpc) is 3.20. The lowest BCUT2D eigenvalue weighted by Gasteiger charge is -2.15. The van der Waals surface area contributed by atoms with Gasteiger partial charge in [0, 0.05) is 5.92 Å². The van der Waals surface area contributed by atoms with Crippen molar-refractivity contribution in [1.29, 1.82) is 0 Å². The van der Waals surface area contributed by atoms with Gasteiger partial charge in [-0.05, 0) is 64.7 Å². The molecule has 2 fully saturated rings. The number of carbonyl (C=O) groups excluding carboxylic acids is 1. The largest absolute Gasteiger partial charge is 0.492 e. The molecule has 2 aliphatic rings. The summed E-state index contributed by atoms with van der Waals surface area (Å²) in [5.41, 5.74) is 3.74. The molecule has 0 spiro atoms. The summed E-state index contributed by atoms with van der Waals surface area (Å²) in [5, 5.41) is 4.15. The number of carbonyl (C=O) groups is 1. The third-order valence-electron chi connectivity index (χ3n) is 5.54. The van der Waals surface area contributed by atoms with Crippen LogP contribution >= 0.6 is 15.9 Å². The molecule has 3 atom stereocenters. The fraction of sp³-hybridized carbons (Fsp3) is 0.579. The van der Waals surface area contributed by atoms with Crippen molar-refractivity contribution in [3.05, 3.63) is 22.2 Å². The van der Waals surface area contributed by atoms with Crippen LogP contribution in [0.2, 0.25) is 0 Å². The molecule has 25 heavy (non-hydrogen) atoms. The third kappa shape index (κ3) is 3.54. The predicted octanol–water partition coefficient (Wildman–Crippen LogP) is 4.13. The minimum Gasteiger partial charge on any atom is -0.492 e. The van der Waals surface area contributed by atoms with Crippen molar-refractivity contribution < 1.29 is 14.3 Å². The van der Waals surface area contributed by atoms with E-state index in [1.807, 2.05) is 19.1 Å². The molecule has 1 N–H and O–H groups in total. The smallest absolute Gasteiger partial charge is 0.244 e. The number of methoxy groups -OCH3 is 1. The van der Waals surface area contributed by atoms with Crippen LogP contribution in [0.1, 0.15) is 45.1 Å². The van der Waals surface area contributed by atoms with E-state index in [2.05, 4.69) is 33.4 Å². The molecule has 0 bridgehead atoms. The van der Waals surface area contributed by atoms with Crippen LogP contribution in [0, 0.1) is 17.3 Å². The highest BCUT2D eigenvalue weighted by Crippen LogP contribution is 2.66. The number of nitrogens with zero attached hydrogens (tertiary/aromatic N) is 1. The molecule has 0 heterocycles. The molecule has 6 heteroatoms. The maximum atomic E-state index is 12.4. The van der Waals surface area contributed by atoms with Gasteiger partial charge in [0.15, 0.2) is 11.5 Å². The van der Waals surface area contributed by atoms with E-state index in [1.165, 1.54) is 19.3 Å². The van der Waals surface area contributed by atoms with Crippen molar-refractivity contribution in [3.8, 4) is 11.5 Å². The van der Waals surface area contributed by atoms with Crippen molar-refractivity contribution in [1.82, 2.24) is 5.43 Å². The van der Waals surface area contributed by atoms with Crippen molar-refractivity contribution in [2.75, 3.05) is 13.7 Å². The molecule has 1 amide bonds. The van der Waals surface area contributed by atoms with E-state index in [9.17, 15) is 4.79 Å². The lowest BCUT2D eigenvalue weighted by molar-refractivity contribution is -0.123. The van der Waals surface area contributed by atoms with Crippen LogP contribution in [0.5, 0.6) is 11.5 Å². The van der Waals surface area contributed by atoms with E-state index in [-0.39, 0.29) is 17.2 Å². The molecule has 5 nitrogen and oxygen atoms in total. The van der Waals surface area contributed by atoms with Gasteiger partial charge < -0.3 is 9.47 Å². The summed E-state index contributed by atoms with van der Waals surface area (Å²) >= 11 is 3.48. The van der Waals surface area contributed by atoms with Gasteiger partial charge >= 0.3 is 0 Å². The fourth-order valence-electron chi connectivity index (χ4n) is 4.21. The van der Waals surface area contributed by atoms with Crippen LogP contribution in [-0.4, -0.2) is 25.8 Å². The van der Waals surface area contributed by atoms with Crippen LogP contribution < -0.4 is 14.9 Å². The summed E-state index contributed by atoms with van der Waals surface area (Å²) in [6, 6.07) is 3.73. The first kappa shape index (κ1) is 18.2. The summed E-state index contributed by atoms with van der Waals surface area (Å²) in [4.78, 5) is 12.4. The third-order valence-corrected chi connectivity index (χ3v) is 6.13. The zero-order valence-corrected chi connectivity index (χ0v) is 16.6. The zero-order chi connectivity index (χ0) is 18.0. The number of hydrogen-bond acceptors (Lipinski definition) is 4. The van der Waals surface area contributed by atoms with E-state index < -0.39 is 0 Å². The van der Waals surface area contributed by atoms with E-state index in [4.69, 9.17) is 9.47 Å². The topological polar surface area (TPSA) is 59.9 Å². The number of hydrazone groups is 1. The van der Waals surface area contributed by atoms with Crippen LogP contribution in [0.15, 0.2) is 21.7 Å². The van der Waals surface area contributed by atoms with E-state index in [0.29, 0.717) is 24.0 Å². The molecule has 0 unspecified atom stereocenters. The molecule has 3 rings (SSSR count). The summed E-state index contributed by atoms with van der Waals surface area (Å²) in [7, 11) is 1.60. The van der Waals surface area contributed by atoms with Crippen LogP contribution in [0.25, 0.3) is 0 Å². The van der Waals surface area contributed by atoms with Gasteiger partial charge in [-0.1, -0.05) is 19.8 Å². The number of nitrogens with one attached hydrogen (secondary N) is 1. The monoisotopic (exact) mass is 408 g/mol. The van der Waals surface area contributed by atoms with Crippen LogP contribution in [0.3, 0.4) is 0 Å². The Morgan fingerprint density at radius 3 is 2.92 bits per heavy atom. The number of hydrogen-bond donors (Lipinski definition) is 1. The molecular weight excluding hydrogens is 384 g/mol. The van der Waals surface area contributed by atoms with Gasteiger partial charge in [0.05, 0.1) is 24.4 Å². The number of halogens is 1. The van der Waals surface area contributed by atoms with E-state index in [0.717, 1.165) is 16.5 Å². The Morgan fingerprint density at radius 1 is 1.48 bits per heavy atom. The van der Waals surface area contributed by atoms with Crippen LogP contribution in [-0.2, 0) is 4.79 Å². The summed E-state index contributed by atoms with van der Waals surface area (Å²) in [6.45, 7) is 4.70. The molecule has 2 saturated carbocycles. The normalized spacial score (nSPS) is 27.7. The molecule has 0 radical (unpaired) electrons. The van der Waals surface area contributed by atoms with Gasteiger partial charge in [0.1, 0.15) is 0 Å². The number of benzene rings is 1. The van der Waals surface area contributed by atoms with E-state index in [1.54, 1.807) is 13.3 Å². The number of rotatable bonds is 6.